The van der Waals surface area contributed by atoms with Crippen LogP contribution in [0.3, 0.4) is 0 Å². The molecule has 1 N–H and O–H groups in total. The summed E-state index contributed by atoms with van der Waals surface area (Å²) in [5.41, 5.74) is -0.106. The van der Waals surface area contributed by atoms with E-state index < -0.39 is 17.7 Å². The molecule has 0 aromatic carbocycles. The molecule has 0 aliphatic rings. The Morgan fingerprint density at radius 1 is 1.41 bits per heavy atom. The maximum atomic E-state index is 12.7. The van der Waals surface area contributed by atoms with E-state index in [4.69, 9.17) is 0 Å². The van der Waals surface area contributed by atoms with Crippen LogP contribution in [0.1, 0.15) is 22.5 Å². The van der Waals surface area contributed by atoms with E-state index in [1.807, 2.05) is 0 Å². The number of alkyl halides is 3. The molecular formula is C14H12F3N3O2. The molecule has 0 aliphatic heterocycles. The van der Waals surface area contributed by atoms with E-state index in [1.165, 1.54) is 25.5 Å². The highest BCUT2D eigenvalue weighted by Crippen LogP contribution is 2.31. The van der Waals surface area contributed by atoms with Crippen LogP contribution in [0.25, 0.3) is 12.2 Å². The number of hydrogen-bond acceptors (Lipinski definition) is 4. The molecule has 2 rings (SSSR count). The van der Waals surface area contributed by atoms with Gasteiger partial charge in [-0.15, -0.1) is 0 Å². The second kappa shape index (κ2) is 6.42. The third-order valence-corrected chi connectivity index (χ3v) is 2.87. The monoisotopic (exact) mass is 311 g/mol. The van der Waals surface area contributed by atoms with Crippen LogP contribution in [0.4, 0.5) is 13.2 Å². The smallest absolute Gasteiger partial charge is 0.420 e. The number of H-pyrrole nitrogens is 1. The van der Waals surface area contributed by atoms with Crippen LogP contribution in [0.2, 0.25) is 0 Å². The summed E-state index contributed by atoms with van der Waals surface area (Å²) in [7, 11) is 1.26. The molecule has 0 fully saturated rings. The van der Waals surface area contributed by atoms with Crippen molar-refractivity contribution in [2.75, 3.05) is 7.11 Å². The number of carbonyl (C=O) groups excluding carboxylic acids is 1. The molecule has 0 bridgehead atoms. The molecule has 5 nitrogen and oxygen atoms in total. The van der Waals surface area contributed by atoms with Gasteiger partial charge in [0.05, 0.1) is 31.1 Å². The van der Waals surface area contributed by atoms with Gasteiger partial charge in [-0.1, -0.05) is 6.07 Å². The van der Waals surface area contributed by atoms with Crippen molar-refractivity contribution in [1.29, 1.82) is 0 Å². The molecule has 8 heteroatoms. The molecule has 0 aliphatic carbocycles. The Hall–Kier alpha value is -2.64. The van der Waals surface area contributed by atoms with Gasteiger partial charge in [-0.2, -0.15) is 18.3 Å². The summed E-state index contributed by atoms with van der Waals surface area (Å²) in [5, 5.41) is 5.67. The number of rotatable bonds is 4. The zero-order valence-electron chi connectivity index (χ0n) is 11.5. The molecule has 0 radical (unpaired) electrons. The summed E-state index contributed by atoms with van der Waals surface area (Å²) in [4.78, 5) is 15.4. The van der Waals surface area contributed by atoms with E-state index in [0.717, 1.165) is 0 Å². The number of ether oxygens (including phenoxy) is 1. The highest BCUT2D eigenvalue weighted by atomic mass is 19.4. The van der Waals surface area contributed by atoms with Gasteiger partial charge < -0.3 is 4.74 Å². The van der Waals surface area contributed by atoms with Crippen molar-refractivity contribution in [2.45, 2.75) is 12.6 Å². The molecule has 116 valence electrons. The number of methoxy groups -OCH3 is 1. The van der Waals surface area contributed by atoms with Crippen LogP contribution in [0, 0.1) is 0 Å². The minimum absolute atomic E-state index is 0.0148. The topological polar surface area (TPSA) is 67.9 Å². The van der Waals surface area contributed by atoms with Crippen molar-refractivity contribution in [2.24, 2.45) is 0 Å². The van der Waals surface area contributed by atoms with E-state index >= 15 is 0 Å². The van der Waals surface area contributed by atoms with Crippen molar-refractivity contribution in [3.05, 3.63) is 47.0 Å². The summed E-state index contributed by atoms with van der Waals surface area (Å²) in [6.07, 6.45) is 0.302. The number of nitrogens with one attached hydrogen (secondary N) is 1. The molecule has 0 amide bonds. The van der Waals surface area contributed by atoms with Crippen molar-refractivity contribution >= 4 is 18.1 Å². The normalized spacial score (nSPS) is 11.8. The summed E-state index contributed by atoms with van der Waals surface area (Å²) in [6, 6.07) is 3.29. The lowest BCUT2D eigenvalue weighted by atomic mass is 10.1. The Balaban J connectivity index is 2.28. The van der Waals surface area contributed by atoms with Gasteiger partial charge in [-0.3, -0.25) is 14.9 Å². The SMILES string of the molecule is COC(=O)Cc1cccnc1C=Cc1[nH]ncc1C(F)(F)F. The second-order valence-electron chi connectivity index (χ2n) is 4.33. The molecule has 0 saturated carbocycles. The van der Waals surface area contributed by atoms with Crippen LogP contribution in [-0.2, 0) is 22.1 Å². The fourth-order valence-corrected chi connectivity index (χ4v) is 1.79. The van der Waals surface area contributed by atoms with Gasteiger partial charge in [0.2, 0.25) is 0 Å². The number of pyridine rings is 1. The first-order valence-electron chi connectivity index (χ1n) is 6.21. The van der Waals surface area contributed by atoms with Gasteiger partial charge in [0, 0.05) is 6.20 Å². The van der Waals surface area contributed by atoms with Crippen molar-refractivity contribution in [1.82, 2.24) is 15.2 Å². The Labute approximate surface area is 123 Å². The van der Waals surface area contributed by atoms with Crippen LogP contribution in [0.15, 0.2) is 24.5 Å². The van der Waals surface area contributed by atoms with E-state index in [2.05, 4.69) is 19.9 Å². The summed E-state index contributed by atoms with van der Waals surface area (Å²) < 4.78 is 42.8. The number of aromatic amines is 1. The Kier molecular flexibility index (Phi) is 4.59. The molecule has 2 aromatic heterocycles. The van der Waals surface area contributed by atoms with Gasteiger partial charge in [0.25, 0.3) is 0 Å². The van der Waals surface area contributed by atoms with Crippen molar-refractivity contribution in [3.8, 4) is 0 Å². The van der Waals surface area contributed by atoms with E-state index in [1.54, 1.807) is 12.1 Å². The van der Waals surface area contributed by atoms with Crippen molar-refractivity contribution in [3.63, 3.8) is 0 Å². The molecular weight excluding hydrogens is 299 g/mol. The fourth-order valence-electron chi connectivity index (χ4n) is 1.79. The lowest BCUT2D eigenvalue weighted by Gasteiger charge is -2.05. The predicted molar refractivity (Wildman–Crippen MR) is 72.5 cm³/mol. The summed E-state index contributed by atoms with van der Waals surface area (Å²) in [5.74, 6) is -0.458. The lowest BCUT2D eigenvalue weighted by molar-refractivity contribution is -0.140. The number of nitrogens with zero attached hydrogens (tertiary/aromatic N) is 2. The van der Waals surface area contributed by atoms with Gasteiger partial charge >= 0.3 is 12.1 Å². The third kappa shape index (κ3) is 3.72. The van der Waals surface area contributed by atoms with Gasteiger partial charge in [0.1, 0.15) is 5.56 Å². The predicted octanol–water partition coefficient (Wildman–Crippen LogP) is 2.71. The minimum Gasteiger partial charge on any atom is -0.469 e. The average Bonchev–Trinajstić information content (AvgIpc) is 2.95. The van der Waals surface area contributed by atoms with Gasteiger partial charge in [-0.25, -0.2) is 0 Å². The van der Waals surface area contributed by atoms with Crippen LogP contribution in [-0.4, -0.2) is 28.3 Å². The Morgan fingerprint density at radius 3 is 2.86 bits per heavy atom. The highest BCUT2D eigenvalue weighted by Gasteiger charge is 2.34. The second-order valence-corrected chi connectivity index (χ2v) is 4.33. The number of aromatic nitrogens is 3. The first-order valence-corrected chi connectivity index (χ1v) is 6.21. The van der Waals surface area contributed by atoms with Crippen LogP contribution >= 0.6 is 0 Å². The molecule has 0 spiro atoms. The van der Waals surface area contributed by atoms with Crippen molar-refractivity contribution < 1.29 is 22.7 Å². The first kappa shape index (κ1) is 15.7. The van der Waals surface area contributed by atoms with E-state index in [9.17, 15) is 18.0 Å². The number of esters is 1. The highest BCUT2D eigenvalue weighted by molar-refractivity contribution is 5.76. The molecule has 0 atom stereocenters. The van der Waals surface area contributed by atoms with Gasteiger partial charge in [0.15, 0.2) is 0 Å². The Morgan fingerprint density at radius 2 is 2.18 bits per heavy atom. The zero-order chi connectivity index (χ0) is 16.2. The van der Waals surface area contributed by atoms with Gasteiger partial charge in [-0.05, 0) is 23.8 Å². The fraction of sp³-hybridized carbons (Fsp3) is 0.214. The van der Waals surface area contributed by atoms with Crippen LogP contribution in [0.5, 0.6) is 0 Å². The molecule has 0 unspecified atom stereocenters. The zero-order valence-corrected chi connectivity index (χ0v) is 11.5. The maximum absolute atomic E-state index is 12.7. The largest absolute Gasteiger partial charge is 0.469 e. The lowest BCUT2D eigenvalue weighted by Crippen LogP contribution is -2.06. The molecule has 2 aromatic rings. The first-order chi connectivity index (χ1) is 10.4. The molecule has 2 heterocycles. The van der Waals surface area contributed by atoms with Crippen LogP contribution < -0.4 is 0 Å². The minimum atomic E-state index is -4.49. The maximum Gasteiger partial charge on any atom is 0.420 e. The third-order valence-electron chi connectivity index (χ3n) is 2.87. The quantitative estimate of drug-likeness (QED) is 0.882. The van der Waals surface area contributed by atoms with E-state index in [-0.39, 0.29) is 12.1 Å². The number of hydrogen-bond donors (Lipinski definition) is 1. The van der Waals surface area contributed by atoms with E-state index in [0.29, 0.717) is 17.5 Å². The Bertz CT molecular complexity index is 693. The summed E-state index contributed by atoms with van der Waals surface area (Å²) >= 11 is 0. The molecule has 22 heavy (non-hydrogen) atoms. The summed E-state index contributed by atoms with van der Waals surface area (Å²) in [6.45, 7) is 0. The number of halogens is 3. The number of carbonyl (C=O) groups is 1. The average molecular weight is 311 g/mol. The standard InChI is InChI=1S/C14H12F3N3O2/c1-22-13(21)7-9-3-2-6-18-11(9)4-5-12-10(8-19-20-12)14(15,16)17/h2-6,8H,7H2,1H3,(H,19,20). The molecule has 0 saturated heterocycles.